The minimum Gasteiger partial charge on any atom is -0.256 e. The Morgan fingerprint density at radius 1 is 0.525 bits per heavy atom. The predicted octanol–water partition coefficient (Wildman–Crippen LogP) is 13.8. The van der Waals surface area contributed by atoms with E-state index in [1.165, 1.54) is 0 Å². The van der Waals surface area contributed by atoms with Crippen LogP contribution in [-0.4, -0.2) is 15.0 Å². The van der Waals surface area contributed by atoms with Crippen molar-refractivity contribution in [3.8, 4) is 84.5 Å². The van der Waals surface area contributed by atoms with Gasteiger partial charge in [0.2, 0.25) is 0 Å². The summed E-state index contributed by atoms with van der Waals surface area (Å²) >= 11 is 0. The summed E-state index contributed by atoms with van der Waals surface area (Å²) in [7, 11) is 0. The number of aromatic nitrogens is 3. The third-order valence-electron chi connectivity index (χ3n) is 11.6. The van der Waals surface area contributed by atoms with Crippen molar-refractivity contribution in [3.63, 3.8) is 0 Å². The first kappa shape index (κ1) is 35.4. The SMILES string of the molecule is [C-]#[N+]c1cc(C#N)cc2c1-c1ccc(-c3cc(-c4cc(-c5ccc(-c6ccccc6)cc5)nc(-c5ccccc5)n4)cc(-c4cccc5cccnc45)c3)cc1C2(C)C. The van der Waals surface area contributed by atoms with Gasteiger partial charge < -0.3 is 0 Å². The molecule has 59 heavy (non-hydrogen) atoms. The van der Waals surface area contributed by atoms with Crippen molar-refractivity contribution < 1.29 is 0 Å². The molecule has 0 amide bonds. The van der Waals surface area contributed by atoms with Gasteiger partial charge in [-0.3, -0.25) is 4.98 Å². The Balaban J connectivity index is 1.17. The van der Waals surface area contributed by atoms with Crippen molar-refractivity contribution in [2.24, 2.45) is 0 Å². The number of fused-ring (bicyclic) bond motifs is 4. The van der Waals surface area contributed by atoms with Crippen LogP contribution in [-0.2, 0) is 5.41 Å². The molecule has 0 bridgehead atoms. The molecule has 0 aliphatic heterocycles. The Bertz CT molecular complexity index is 3180. The Hall–Kier alpha value is -7.99. The van der Waals surface area contributed by atoms with E-state index in [9.17, 15) is 5.26 Å². The normalized spacial score (nSPS) is 12.3. The molecule has 0 spiro atoms. The second kappa shape index (κ2) is 14.2. The molecule has 5 nitrogen and oxygen atoms in total. The van der Waals surface area contributed by atoms with Gasteiger partial charge in [0.1, 0.15) is 0 Å². The van der Waals surface area contributed by atoms with Crippen LogP contribution in [0.1, 0.15) is 30.5 Å². The van der Waals surface area contributed by atoms with E-state index >= 15 is 0 Å². The number of hydrogen-bond donors (Lipinski definition) is 0. The van der Waals surface area contributed by atoms with E-state index in [1.807, 2.05) is 54.7 Å². The van der Waals surface area contributed by atoms with E-state index in [1.54, 1.807) is 6.07 Å². The quantitative estimate of drug-likeness (QED) is 0.159. The fraction of sp³-hybridized carbons (Fsp3) is 0.0556. The van der Waals surface area contributed by atoms with Crippen LogP contribution < -0.4 is 0 Å². The van der Waals surface area contributed by atoms with Crippen LogP contribution in [0.4, 0.5) is 5.69 Å². The largest absolute Gasteiger partial charge is 0.256 e. The fourth-order valence-electron chi connectivity index (χ4n) is 8.52. The molecule has 0 atom stereocenters. The highest BCUT2D eigenvalue weighted by atomic mass is 14.9. The molecule has 7 aromatic carbocycles. The van der Waals surface area contributed by atoms with Crippen molar-refractivity contribution in [1.82, 2.24) is 15.0 Å². The maximum Gasteiger partial charge on any atom is 0.196 e. The summed E-state index contributed by atoms with van der Waals surface area (Å²) in [5, 5.41) is 10.9. The van der Waals surface area contributed by atoms with Crippen LogP contribution in [0.25, 0.3) is 94.2 Å². The highest BCUT2D eigenvalue weighted by Gasteiger charge is 2.37. The van der Waals surface area contributed by atoms with Gasteiger partial charge in [0, 0.05) is 44.8 Å². The van der Waals surface area contributed by atoms with Gasteiger partial charge in [-0.15, -0.1) is 0 Å². The van der Waals surface area contributed by atoms with E-state index in [4.69, 9.17) is 21.5 Å². The molecule has 0 unspecified atom stereocenters. The van der Waals surface area contributed by atoms with Crippen LogP contribution in [0.15, 0.2) is 176 Å². The molecule has 0 radical (unpaired) electrons. The van der Waals surface area contributed by atoms with Crippen LogP contribution >= 0.6 is 0 Å². The van der Waals surface area contributed by atoms with E-state index in [2.05, 4.69) is 140 Å². The van der Waals surface area contributed by atoms with Gasteiger partial charge in [0.05, 0.1) is 29.5 Å². The maximum absolute atomic E-state index is 9.83. The average Bonchev–Trinajstić information content (AvgIpc) is 3.53. The van der Waals surface area contributed by atoms with Crippen molar-refractivity contribution in [2.75, 3.05) is 0 Å². The highest BCUT2D eigenvalue weighted by molar-refractivity contribution is 5.97. The minimum absolute atomic E-state index is 0.421. The number of benzene rings is 7. The topological polar surface area (TPSA) is 66.8 Å². The Labute approximate surface area is 343 Å². The number of pyridine rings is 1. The van der Waals surface area contributed by atoms with E-state index in [0.29, 0.717) is 17.1 Å². The number of para-hydroxylation sites is 1. The Morgan fingerprint density at radius 3 is 1.92 bits per heavy atom. The number of rotatable bonds is 6. The summed E-state index contributed by atoms with van der Waals surface area (Å²) in [6, 6.07) is 60.7. The van der Waals surface area contributed by atoms with Gasteiger partial charge in [-0.2, -0.15) is 5.26 Å². The molecule has 5 heteroatoms. The number of nitriles is 1. The molecule has 276 valence electrons. The monoisotopic (exact) mass is 753 g/mol. The van der Waals surface area contributed by atoms with Crippen LogP contribution in [0.2, 0.25) is 0 Å². The molecule has 1 aliphatic rings. The van der Waals surface area contributed by atoms with Crippen LogP contribution in [0.5, 0.6) is 0 Å². The molecule has 10 rings (SSSR count). The fourth-order valence-corrected chi connectivity index (χ4v) is 8.52. The van der Waals surface area contributed by atoms with Gasteiger partial charge >= 0.3 is 0 Å². The maximum atomic E-state index is 9.83. The zero-order valence-electron chi connectivity index (χ0n) is 32.5. The van der Waals surface area contributed by atoms with Gasteiger partial charge in [0.25, 0.3) is 0 Å². The third kappa shape index (κ3) is 6.23. The van der Waals surface area contributed by atoms with E-state index in [0.717, 1.165) is 94.6 Å². The second-order valence-corrected chi connectivity index (χ2v) is 15.5. The second-order valence-electron chi connectivity index (χ2n) is 15.5. The first-order chi connectivity index (χ1) is 28.9. The molecular formula is C54H35N5. The summed E-state index contributed by atoms with van der Waals surface area (Å²) in [4.78, 5) is 19.1. The summed E-state index contributed by atoms with van der Waals surface area (Å²) in [6.45, 7) is 12.3. The molecule has 1 aliphatic carbocycles. The molecule has 2 aromatic heterocycles. The van der Waals surface area contributed by atoms with Gasteiger partial charge in [-0.25, -0.2) is 14.8 Å². The van der Waals surface area contributed by atoms with E-state index < -0.39 is 5.41 Å². The summed E-state index contributed by atoms with van der Waals surface area (Å²) in [5.41, 5.74) is 16.5. The summed E-state index contributed by atoms with van der Waals surface area (Å²) in [5.74, 6) is 0.647. The molecular weight excluding hydrogens is 719 g/mol. The lowest BCUT2D eigenvalue weighted by Gasteiger charge is -2.22. The Morgan fingerprint density at radius 2 is 1.17 bits per heavy atom. The average molecular weight is 754 g/mol. The lowest BCUT2D eigenvalue weighted by molar-refractivity contribution is 0.660. The third-order valence-corrected chi connectivity index (χ3v) is 11.6. The standard InChI is InChI=1S/C54H35N5/c1-54(2)46-31-40(23-24-45(46)51-47(54)26-34(33-55)27-50(51)56-3)41-28-42(44-18-10-16-38-17-11-25-57-52(38)44)30-43(29-41)49-32-48(58-53(59-49)39-14-8-5-9-15-39)37-21-19-36(20-22-37)35-12-6-4-7-13-35/h4-32H,1-2H3. The van der Waals surface area contributed by atoms with Crippen molar-refractivity contribution in [1.29, 1.82) is 5.26 Å². The van der Waals surface area contributed by atoms with Gasteiger partial charge in [-0.1, -0.05) is 135 Å². The zero-order valence-corrected chi connectivity index (χ0v) is 32.5. The smallest absolute Gasteiger partial charge is 0.196 e. The molecule has 0 fully saturated rings. The minimum atomic E-state index is -0.421. The number of nitrogens with zero attached hydrogens (tertiary/aromatic N) is 5. The molecule has 0 saturated carbocycles. The predicted molar refractivity (Wildman–Crippen MR) is 238 cm³/mol. The lowest BCUT2D eigenvalue weighted by atomic mass is 9.81. The molecule has 0 N–H and O–H groups in total. The van der Waals surface area contributed by atoms with Gasteiger partial charge in [0.15, 0.2) is 11.5 Å². The number of hydrogen-bond acceptors (Lipinski definition) is 4. The zero-order chi connectivity index (χ0) is 40.1. The van der Waals surface area contributed by atoms with Crippen LogP contribution in [0, 0.1) is 17.9 Å². The van der Waals surface area contributed by atoms with E-state index in [-0.39, 0.29) is 0 Å². The molecule has 2 heterocycles. The summed E-state index contributed by atoms with van der Waals surface area (Å²) in [6.07, 6.45) is 1.85. The lowest BCUT2D eigenvalue weighted by Crippen LogP contribution is -2.15. The first-order valence-electron chi connectivity index (χ1n) is 19.6. The highest BCUT2D eigenvalue weighted by Crippen LogP contribution is 2.53. The summed E-state index contributed by atoms with van der Waals surface area (Å²) < 4.78 is 0. The van der Waals surface area contributed by atoms with Crippen molar-refractivity contribution in [2.45, 2.75) is 19.3 Å². The van der Waals surface area contributed by atoms with Gasteiger partial charge in [-0.05, 0) is 98.6 Å². The molecule has 9 aromatic rings. The Kier molecular flexibility index (Phi) is 8.52. The van der Waals surface area contributed by atoms with Crippen molar-refractivity contribution in [3.05, 3.63) is 204 Å². The van der Waals surface area contributed by atoms with Crippen molar-refractivity contribution >= 4 is 16.6 Å². The molecule has 0 saturated heterocycles. The van der Waals surface area contributed by atoms with Crippen LogP contribution in [0.3, 0.4) is 0 Å². The first-order valence-corrected chi connectivity index (χ1v) is 19.6.